The zero-order valence-corrected chi connectivity index (χ0v) is 11.0. The summed E-state index contributed by atoms with van der Waals surface area (Å²) < 4.78 is 5.15. The standard InChI is InChI=1S/C13H14N4O4/c14-16-11-8-9(3-4-12(11)17(19)20)13(18)15-6-5-10-2-1-7-21-10/h1-4,7-8,16H,5-6,14H2,(H,15,18). The van der Waals surface area contributed by atoms with Crippen molar-refractivity contribution in [3.63, 3.8) is 0 Å². The minimum absolute atomic E-state index is 0.0821. The van der Waals surface area contributed by atoms with Crippen molar-refractivity contribution in [1.29, 1.82) is 0 Å². The van der Waals surface area contributed by atoms with Gasteiger partial charge in [-0.25, -0.2) is 0 Å². The Kier molecular flexibility index (Phi) is 4.52. The molecule has 1 aromatic carbocycles. The van der Waals surface area contributed by atoms with Crippen LogP contribution in [-0.4, -0.2) is 17.4 Å². The average Bonchev–Trinajstić information content (AvgIpc) is 2.99. The van der Waals surface area contributed by atoms with E-state index in [4.69, 9.17) is 10.3 Å². The third kappa shape index (κ3) is 3.57. The van der Waals surface area contributed by atoms with Crippen LogP contribution in [0.1, 0.15) is 16.1 Å². The average molecular weight is 290 g/mol. The van der Waals surface area contributed by atoms with E-state index < -0.39 is 4.92 Å². The fourth-order valence-corrected chi connectivity index (χ4v) is 1.81. The second kappa shape index (κ2) is 6.53. The van der Waals surface area contributed by atoms with Crippen LogP contribution in [0.2, 0.25) is 0 Å². The van der Waals surface area contributed by atoms with Crippen molar-refractivity contribution in [2.75, 3.05) is 12.0 Å². The van der Waals surface area contributed by atoms with E-state index >= 15 is 0 Å². The number of nitrogens with two attached hydrogens (primary N) is 1. The summed E-state index contributed by atoms with van der Waals surface area (Å²) in [6, 6.07) is 7.53. The number of carbonyl (C=O) groups excluding carboxylic acids is 1. The van der Waals surface area contributed by atoms with Gasteiger partial charge in [0.25, 0.3) is 11.6 Å². The monoisotopic (exact) mass is 290 g/mol. The lowest BCUT2D eigenvalue weighted by Crippen LogP contribution is -2.25. The topological polar surface area (TPSA) is 123 Å². The Morgan fingerprint density at radius 2 is 2.19 bits per heavy atom. The SMILES string of the molecule is NNc1cc(C(=O)NCCc2ccco2)ccc1[N+](=O)[O-]. The van der Waals surface area contributed by atoms with Crippen molar-refractivity contribution >= 4 is 17.3 Å². The number of nitrogens with one attached hydrogen (secondary N) is 2. The van der Waals surface area contributed by atoms with Gasteiger partial charge in [-0.2, -0.15) is 0 Å². The zero-order chi connectivity index (χ0) is 15.2. The van der Waals surface area contributed by atoms with Crippen LogP contribution in [0, 0.1) is 10.1 Å². The maximum Gasteiger partial charge on any atom is 0.293 e. The number of hydrogen-bond acceptors (Lipinski definition) is 6. The van der Waals surface area contributed by atoms with Gasteiger partial charge < -0.3 is 15.2 Å². The number of nitrogens with zero attached hydrogens (tertiary/aromatic N) is 1. The molecule has 8 nitrogen and oxygen atoms in total. The number of rotatable bonds is 6. The normalized spacial score (nSPS) is 10.1. The van der Waals surface area contributed by atoms with E-state index in [1.807, 2.05) is 6.07 Å². The van der Waals surface area contributed by atoms with Gasteiger partial charge in [-0.1, -0.05) is 0 Å². The Balaban J connectivity index is 2.00. The molecular formula is C13H14N4O4. The van der Waals surface area contributed by atoms with Crippen molar-refractivity contribution in [2.24, 2.45) is 5.84 Å². The van der Waals surface area contributed by atoms with Gasteiger partial charge in [0, 0.05) is 24.6 Å². The lowest BCUT2D eigenvalue weighted by atomic mass is 10.1. The molecule has 0 aliphatic rings. The van der Waals surface area contributed by atoms with E-state index in [0.29, 0.717) is 13.0 Å². The minimum atomic E-state index is -0.576. The predicted molar refractivity (Wildman–Crippen MR) is 75.7 cm³/mol. The first-order chi connectivity index (χ1) is 10.1. The van der Waals surface area contributed by atoms with Crippen molar-refractivity contribution in [1.82, 2.24) is 5.32 Å². The molecular weight excluding hydrogens is 276 g/mol. The number of furan rings is 1. The molecule has 4 N–H and O–H groups in total. The summed E-state index contributed by atoms with van der Waals surface area (Å²) in [4.78, 5) is 22.1. The highest BCUT2D eigenvalue weighted by molar-refractivity contribution is 5.95. The molecule has 0 saturated heterocycles. The number of nitro groups is 1. The number of anilines is 1. The molecule has 1 heterocycles. The van der Waals surface area contributed by atoms with Crippen LogP contribution in [-0.2, 0) is 6.42 Å². The lowest BCUT2D eigenvalue weighted by molar-refractivity contribution is -0.384. The first-order valence-corrected chi connectivity index (χ1v) is 6.17. The molecule has 0 spiro atoms. The first-order valence-electron chi connectivity index (χ1n) is 6.17. The van der Waals surface area contributed by atoms with Gasteiger partial charge in [0.05, 0.1) is 11.2 Å². The summed E-state index contributed by atoms with van der Waals surface area (Å²) in [5.74, 6) is 5.65. The Hall–Kier alpha value is -2.87. The Morgan fingerprint density at radius 1 is 1.38 bits per heavy atom. The molecule has 0 bridgehead atoms. The lowest BCUT2D eigenvalue weighted by Gasteiger charge is -2.07. The summed E-state index contributed by atoms with van der Waals surface area (Å²) in [5.41, 5.74) is 2.39. The fourth-order valence-electron chi connectivity index (χ4n) is 1.81. The van der Waals surface area contributed by atoms with Crippen molar-refractivity contribution in [2.45, 2.75) is 6.42 Å². The summed E-state index contributed by atoms with van der Waals surface area (Å²) in [7, 11) is 0. The number of carbonyl (C=O) groups is 1. The molecule has 0 radical (unpaired) electrons. The van der Waals surface area contributed by atoms with Crippen LogP contribution in [0.15, 0.2) is 41.0 Å². The second-order valence-corrected chi connectivity index (χ2v) is 4.22. The zero-order valence-electron chi connectivity index (χ0n) is 11.0. The summed E-state index contributed by atoms with van der Waals surface area (Å²) in [5, 5.41) is 13.5. The number of nitro benzene ring substituents is 1. The van der Waals surface area contributed by atoms with Crippen LogP contribution in [0.5, 0.6) is 0 Å². The highest BCUT2D eigenvalue weighted by atomic mass is 16.6. The van der Waals surface area contributed by atoms with Gasteiger partial charge in [-0.05, 0) is 24.3 Å². The molecule has 2 rings (SSSR count). The van der Waals surface area contributed by atoms with E-state index in [-0.39, 0.29) is 22.8 Å². The molecule has 21 heavy (non-hydrogen) atoms. The smallest absolute Gasteiger partial charge is 0.293 e. The number of amides is 1. The van der Waals surface area contributed by atoms with Gasteiger partial charge in [0.2, 0.25) is 0 Å². The van der Waals surface area contributed by atoms with Crippen molar-refractivity contribution in [3.05, 3.63) is 58.0 Å². The highest BCUT2D eigenvalue weighted by Crippen LogP contribution is 2.24. The van der Waals surface area contributed by atoms with Crippen LogP contribution in [0.25, 0.3) is 0 Å². The maximum atomic E-state index is 11.9. The highest BCUT2D eigenvalue weighted by Gasteiger charge is 2.15. The van der Waals surface area contributed by atoms with E-state index in [1.165, 1.54) is 18.2 Å². The maximum absolute atomic E-state index is 11.9. The molecule has 0 atom stereocenters. The predicted octanol–water partition coefficient (Wildman–Crippen LogP) is 1.45. The Labute approximate surface area is 120 Å². The summed E-state index contributed by atoms with van der Waals surface area (Å²) in [6.07, 6.45) is 2.13. The molecule has 0 saturated carbocycles. The molecule has 8 heteroatoms. The van der Waals surface area contributed by atoms with E-state index in [1.54, 1.807) is 12.3 Å². The van der Waals surface area contributed by atoms with Crippen LogP contribution >= 0.6 is 0 Å². The molecule has 1 aromatic heterocycles. The number of nitrogen functional groups attached to an aromatic ring is 1. The Bertz CT molecular complexity index is 640. The van der Waals surface area contributed by atoms with Gasteiger partial charge >= 0.3 is 0 Å². The minimum Gasteiger partial charge on any atom is -0.469 e. The van der Waals surface area contributed by atoms with Crippen molar-refractivity contribution < 1.29 is 14.1 Å². The Morgan fingerprint density at radius 3 is 2.81 bits per heavy atom. The number of benzene rings is 1. The van der Waals surface area contributed by atoms with Gasteiger partial charge in [-0.15, -0.1) is 0 Å². The molecule has 2 aromatic rings. The van der Waals surface area contributed by atoms with Gasteiger partial charge in [0.1, 0.15) is 11.4 Å². The largest absolute Gasteiger partial charge is 0.469 e. The fraction of sp³-hybridized carbons (Fsp3) is 0.154. The van der Waals surface area contributed by atoms with Crippen molar-refractivity contribution in [3.8, 4) is 0 Å². The molecule has 0 aliphatic heterocycles. The van der Waals surface area contributed by atoms with Crippen LogP contribution in [0.4, 0.5) is 11.4 Å². The van der Waals surface area contributed by atoms with E-state index in [2.05, 4.69) is 10.7 Å². The molecule has 1 amide bonds. The van der Waals surface area contributed by atoms with Gasteiger partial charge in [0.15, 0.2) is 0 Å². The molecule has 0 fully saturated rings. The van der Waals surface area contributed by atoms with E-state index in [0.717, 1.165) is 5.76 Å². The van der Waals surface area contributed by atoms with Crippen LogP contribution < -0.4 is 16.6 Å². The molecule has 0 unspecified atom stereocenters. The molecule has 110 valence electrons. The summed E-state index contributed by atoms with van der Waals surface area (Å²) >= 11 is 0. The first kappa shape index (κ1) is 14.5. The van der Waals surface area contributed by atoms with Crippen LogP contribution in [0.3, 0.4) is 0 Å². The number of hydrazine groups is 1. The summed E-state index contributed by atoms with van der Waals surface area (Å²) in [6.45, 7) is 0.398. The van der Waals surface area contributed by atoms with E-state index in [9.17, 15) is 14.9 Å². The molecule has 0 aliphatic carbocycles. The second-order valence-electron chi connectivity index (χ2n) is 4.22. The van der Waals surface area contributed by atoms with Gasteiger partial charge in [-0.3, -0.25) is 20.8 Å². The quantitative estimate of drug-likeness (QED) is 0.420. The number of hydrogen-bond donors (Lipinski definition) is 3. The third-order valence-corrected chi connectivity index (χ3v) is 2.85. The third-order valence-electron chi connectivity index (χ3n) is 2.85.